The van der Waals surface area contributed by atoms with Gasteiger partial charge in [-0.25, -0.2) is 0 Å². The molecule has 1 aromatic carbocycles. The number of hydrogen-bond acceptors (Lipinski definition) is 2. The molecule has 0 unspecified atom stereocenters. The molecule has 0 aliphatic heterocycles. The predicted octanol–water partition coefficient (Wildman–Crippen LogP) is 3.41. The molecule has 0 aliphatic carbocycles. The third-order valence-corrected chi connectivity index (χ3v) is 2.86. The van der Waals surface area contributed by atoms with Gasteiger partial charge in [0.05, 0.1) is 7.11 Å². The van der Waals surface area contributed by atoms with Crippen LogP contribution in [-0.4, -0.2) is 12.9 Å². The van der Waals surface area contributed by atoms with E-state index in [0.717, 1.165) is 5.75 Å². The maximum atomic E-state index is 11.2. The molecule has 2 heteroatoms. The van der Waals surface area contributed by atoms with E-state index < -0.39 is 0 Å². The third-order valence-electron chi connectivity index (χ3n) is 2.86. The molecule has 0 aliphatic rings. The molecule has 0 spiro atoms. The zero-order valence-corrected chi connectivity index (χ0v) is 10.5. The quantitative estimate of drug-likeness (QED) is 0.760. The van der Waals surface area contributed by atoms with Crippen molar-refractivity contribution < 1.29 is 9.53 Å². The Morgan fingerprint density at radius 2 is 1.81 bits per heavy atom. The highest BCUT2D eigenvalue weighted by Gasteiger charge is 2.17. The molecule has 0 saturated carbocycles. The largest absolute Gasteiger partial charge is 0.497 e. The SMILES string of the molecule is COc1ccc([C@H](CC(C)=O)C(C)C)cc1. The van der Waals surface area contributed by atoms with E-state index in [2.05, 4.69) is 13.8 Å². The van der Waals surface area contributed by atoms with Crippen LogP contribution in [0.5, 0.6) is 5.75 Å². The van der Waals surface area contributed by atoms with Crippen molar-refractivity contribution in [1.82, 2.24) is 0 Å². The fourth-order valence-corrected chi connectivity index (χ4v) is 1.90. The van der Waals surface area contributed by atoms with Crippen LogP contribution in [0.2, 0.25) is 0 Å². The molecule has 1 atom stereocenters. The van der Waals surface area contributed by atoms with Gasteiger partial charge in [0.2, 0.25) is 0 Å². The standard InChI is InChI=1S/C14H20O2/c1-10(2)14(9-11(3)15)12-5-7-13(16-4)8-6-12/h5-8,10,14H,9H2,1-4H3/t14-/m1/s1. The minimum Gasteiger partial charge on any atom is -0.497 e. The smallest absolute Gasteiger partial charge is 0.130 e. The van der Waals surface area contributed by atoms with Crippen LogP contribution in [-0.2, 0) is 4.79 Å². The second kappa shape index (κ2) is 5.69. The van der Waals surface area contributed by atoms with Crippen LogP contribution in [0, 0.1) is 5.92 Å². The van der Waals surface area contributed by atoms with Gasteiger partial charge in [-0.05, 0) is 36.5 Å². The topological polar surface area (TPSA) is 26.3 Å². The Bertz CT molecular complexity index is 338. The number of hydrogen-bond donors (Lipinski definition) is 0. The number of Topliss-reactive ketones (excluding diaryl/α,β-unsaturated/α-hetero) is 1. The van der Waals surface area contributed by atoms with Gasteiger partial charge in [-0.1, -0.05) is 26.0 Å². The highest BCUT2D eigenvalue weighted by Crippen LogP contribution is 2.29. The van der Waals surface area contributed by atoms with Gasteiger partial charge in [0.1, 0.15) is 11.5 Å². The number of ether oxygens (including phenoxy) is 1. The number of ketones is 1. The highest BCUT2D eigenvalue weighted by atomic mass is 16.5. The van der Waals surface area contributed by atoms with Gasteiger partial charge in [0.25, 0.3) is 0 Å². The van der Waals surface area contributed by atoms with Crippen LogP contribution in [0.15, 0.2) is 24.3 Å². The lowest BCUT2D eigenvalue weighted by Gasteiger charge is -2.20. The summed E-state index contributed by atoms with van der Waals surface area (Å²) in [7, 11) is 1.66. The molecular weight excluding hydrogens is 200 g/mol. The summed E-state index contributed by atoms with van der Waals surface area (Å²) in [5, 5.41) is 0. The monoisotopic (exact) mass is 220 g/mol. The molecule has 0 heterocycles. The van der Waals surface area contributed by atoms with E-state index in [1.165, 1.54) is 5.56 Å². The summed E-state index contributed by atoms with van der Waals surface area (Å²) in [5.74, 6) is 1.88. The molecule has 1 rings (SSSR count). The first-order valence-electron chi connectivity index (χ1n) is 5.68. The molecule has 16 heavy (non-hydrogen) atoms. The number of rotatable bonds is 5. The van der Waals surface area contributed by atoms with Crippen molar-refractivity contribution in [3.05, 3.63) is 29.8 Å². The molecule has 0 N–H and O–H groups in total. The Labute approximate surface area is 97.6 Å². The molecular formula is C14H20O2. The van der Waals surface area contributed by atoms with E-state index in [-0.39, 0.29) is 5.78 Å². The summed E-state index contributed by atoms with van der Waals surface area (Å²) >= 11 is 0. The Morgan fingerprint density at radius 1 is 1.25 bits per heavy atom. The molecule has 0 aromatic heterocycles. The molecule has 0 radical (unpaired) electrons. The van der Waals surface area contributed by atoms with Crippen molar-refractivity contribution >= 4 is 5.78 Å². The molecule has 0 bridgehead atoms. The summed E-state index contributed by atoms with van der Waals surface area (Å²) in [6.07, 6.45) is 0.615. The Morgan fingerprint density at radius 3 is 2.19 bits per heavy atom. The van der Waals surface area contributed by atoms with Crippen LogP contribution >= 0.6 is 0 Å². The zero-order chi connectivity index (χ0) is 12.1. The van der Waals surface area contributed by atoms with Gasteiger partial charge < -0.3 is 9.53 Å². The summed E-state index contributed by atoms with van der Waals surface area (Å²) in [6.45, 7) is 5.95. The maximum absolute atomic E-state index is 11.2. The van der Waals surface area contributed by atoms with Gasteiger partial charge in [0, 0.05) is 6.42 Å². The van der Waals surface area contributed by atoms with Crippen molar-refractivity contribution in [2.24, 2.45) is 5.92 Å². The molecule has 0 fully saturated rings. The highest BCUT2D eigenvalue weighted by molar-refractivity contribution is 5.76. The van der Waals surface area contributed by atoms with E-state index in [1.54, 1.807) is 14.0 Å². The first-order valence-corrected chi connectivity index (χ1v) is 5.68. The summed E-state index contributed by atoms with van der Waals surface area (Å²) in [6, 6.07) is 7.99. The van der Waals surface area contributed by atoms with E-state index in [9.17, 15) is 4.79 Å². The van der Waals surface area contributed by atoms with Crippen LogP contribution < -0.4 is 4.74 Å². The molecule has 1 aromatic rings. The lowest BCUT2D eigenvalue weighted by Crippen LogP contribution is -2.10. The predicted molar refractivity (Wildman–Crippen MR) is 65.9 cm³/mol. The minimum atomic E-state index is 0.245. The number of methoxy groups -OCH3 is 1. The maximum Gasteiger partial charge on any atom is 0.130 e. The number of benzene rings is 1. The van der Waals surface area contributed by atoms with Gasteiger partial charge in [-0.15, -0.1) is 0 Å². The summed E-state index contributed by atoms with van der Waals surface area (Å²) in [4.78, 5) is 11.2. The van der Waals surface area contributed by atoms with Crippen molar-refractivity contribution in [3.8, 4) is 5.75 Å². The molecule has 88 valence electrons. The first kappa shape index (κ1) is 12.8. The Kier molecular flexibility index (Phi) is 4.53. The number of carbonyl (C=O) groups is 1. The zero-order valence-electron chi connectivity index (χ0n) is 10.5. The van der Waals surface area contributed by atoms with E-state index >= 15 is 0 Å². The van der Waals surface area contributed by atoms with E-state index in [4.69, 9.17) is 4.74 Å². The summed E-state index contributed by atoms with van der Waals surface area (Å²) in [5.41, 5.74) is 1.21. The van der Waals surface area contributed by atoms with Crippen molar-refractivity contribution in [2.45, 2.75) is 33.1 Å². The lowest BCUT2D eigenvalue weighted by atomic mass is 9.85. The van der Waals surface area contributed by atoms with E-state index in [1.807, 2.05) is 24.3 Å². The Balaban J connectivity index is 2.88. The van der Waals surface area contributed by atoms with Crippen molar-refractivity contribution in [1.29, 1.82) is 0 Å². The van der Waals surface area contributed by atoms with Gasteiger partial charge >= 0.3 is 0 Å². The van der Waals surface area contributed by atoms with Gasteiger partial charge in [-0.2, -0.15) is 0 Å². The molecule has 0 saturated heterocycles. The van der Waals surface area contributed by atoms with Gasteiger partial charge in [-0.3, -0.25) is 0 Å². The van der Waals surface area contributed by atoms with Crippen molar-refractivity contribution in [2.75, 3.05) is 7.11 Å². The van der Waals surface area contributed by atoms with E-state index in [0.29, 0.717) is 18.3 Å². The van der Waals surface area contributed by atoms with Crippen molar-refractivity contribution in [3.63, 3.8) is 0 Å². The minimum absolute atomic E-state index is 0.245. The van der Waals surface area contributed by atoms with Crippen LogP contribution in [0.4, 0.5) is 0 Å². The van der Waals surface area contributed by atoms with Crippen LogP contribution in [0.25, 0.3) is 0 Å². The third kappa shape index (κ3) is 3.37. The Hall–Kier alpha value is -1.31. The second-order valence-corrected chi connectivity index (χ2v) is 4.53. The summed E-state index contributed by atoms with van der Waals surface area (Å²) < 4.78 is 5.12. The van der Waals surface area contributed by atoms with Gasteiger partial charge in [0.15, 0.2) is 0 Å². The lowest BCUT2D eigenvalue weighted by molar-refractivity contribution is -0.117. The average molecular weight is 220 g/mol. The number of carbonyl (C=O) groups excluding carboxylic acids is 1. The molecule has 2 nitrogen and oxygen atoms in total. The normalized spacial score (nSPS) is 12.6. The molecule has 0 amide bonds. The van der Waals surface area contributed by atoms with Crippen LogP contribution in [0.3, 0.4) is 0 Å². The fraction of sp³-hybridized carbons (Fsp3) is 0.500. The fourth-order valence-electron chi connectivity index (χ4n) is 1.90. The van der Waals surface area contributed by atoms with Crippen LogP contribution in [0.1, 0.15) is 38.7 Å². The second-order valence-electron chi connectivity index (χ2n) is 4.53. The average Bonchev–Trinajstić information content (AvgIpc) is 2.25. The first-order chi connectivity index (χ1) is 7.54.